The first kappa shape index (κ1) is 26.3. The predicted octanol–water partition coefficient (Wildman–Crippen LogP) is 2.71. The number of carbonyl (C=O) groups is 3. The van der Waals surface area contributed by atoms with E-state index in [4.69, 9.17) is 0 Å². The van der Waals surface area contributed by atoms with E-state index in [9.17, 15) is 19.5 Å². The molecule has 33 heavy (non-hydrogen) atoms. The second kappa shape index (κ2) is 10.1. The van der Waals surface area contributed by atoms with Gasteiger partial charge in [-0.3, -0.25) is 14.4 Å². The lowest BCUT2D eigenvalue weighted by molar-refractivity contribution is -0.144. The zero-order valence-electron chi connectivity index (χ0n) is 21.1. The number of hydrogen-bond donors (Lipinski definition) is 3. The molecule has 8 heteroatoms. The number of fused-ring (bicyclic) bond motifs is 1. The third kappa shape index (κ3) is 4.30. The molecule has 0 saturated carbocycles. The predicted molar refractivity (Wildman–Crippen MR) is 132 cm³/mol. The van der Waals surface area contributed by atoms with E-state index in [-0.39, 0.29) is 41.0 Å². The molecule has 3 fully saturated rings. The van der Waals surface area contributed by atoms with Crippen LogP contribution in [0.3, 0.4) is 0 Å². The number of thioether (sulfide) groups is 1. The van der Waals surface area contributed by atoms with E-state index in [1.165, 1.54) is 0 Å². The van der Waals surface area contributed by atoms with Crippen molar-refractivity contribution in [1.29, 1.82) is 0 Å². The maximum Gasteiger partial charge on any atom is 0.244 e. The molecule has 3 aliphatic rings. The monoisotopic (exact) mass is 481 g/mol. The van der Waals surface area contributed by atoms with Gasteiger partial charge < -0.3 is 20.6 Å². The molecular weight excluding hydrogens is 438 g/mol. The van der Waals surface area contributed by atoms with Gasteiger partial charge in [0.2, 0.25) is 17.7 Å². The molecule has 1 spiro atoms. The number of aliphatic hydroxyl groups excluding tert-OH is 1. The quantitative estimate of drug-likeness (QED) is 0.421. The summed E-state index contributed by atoms with van der Waals surface area (Å²) >= 11 is 1.69. The van der Waals surface area contributed by atoms with Crippen LogP contribution in [0.1, 0.15) is 80.1 Å². The summed E-state index contributed by atoms with van der Waals surface area (Å²) in [6.45, 7) is 12.6. The van der Waals surface area contributed by atoms with Gasteiger partial charge in [0.05, 0.1) is 29.2 Å². The van der Waals surface area contributed by atoms with Crippen molar-refractivity contribution < 1.29 is 19.5 Å². The van der Waals surface area contributed by atoms with E-state index in [0.717, 1.165) is 38.5 Å². The third-order valence-corrected chi connectivity index (χ3v) is 10.2. The van der Waals surface area contributed by atoms with Crippen molar-refractivity contribution in [1.82, 2.24) is 15.5 Å². The van der Waals surface area contributed by atoms with E-state index in [1.54, 1.807) is 16.7 Å². The minimum absolute atomic E-state index is 0.00826. The first-order valence-electron chi connectivity index (χ1n) is 12.8. The Bertz CT molecular complexity index is 764. The van der Waals surface area contributed by atoms with Gasteiger partial charge >= 0.3 is 0 Å². The number of likely N-dealkylation sites (tertiary alicyclic amines) is 1. The minimum atomic E-state index is -0.670. The zero-order valence-corrected chi connectivity index (χ0v) is 22.0. The lowest BCUT2D eigenvalue weighted by atomic mass is 9.66. The van der Waals surface area contributed by atoms with Gasteiger partial charge in [-0.25, -0.2) is 0 Å². The Morgan fingerprint density at radius 2 is 1.88 bits per heavy atom. The van der Waals surface area contributed by atoms with Gasteiger partial charge in [-0.1, -0.05) is 40.5 Å². The topological polar surface area (TPSA) is 98.7 Å². The minimum Gasteiger partial charge on any atom is -0.394 e. The Balaban J connectivity index is 2.06. The van der Waals surface area contributed by atoms with Gasteiger partial charge in [0.1, 0.15) is 6.04 Å². The highest BCUT2D eigenvalue weighted by atomic mass is 32.2. The first-order chi connectivity index (χ1) is 15.6. The van der Waals surface area contributed by atoms with Gasteiger partial charge in [0, 0.05) is 17.3 Å². The van der Waals surface area contributed by atoms with Crippen LogP contribution in [0.5, 0.6) is 0 Å². The second-order valence-electron chi connectivity index (χ2n) is 10.6. The Kier molecular flexibility index (Phi) is 8.09. The van der Waals surface area contributed by atoms with Crippen molar-refractivity contribution in [3.8, 4) is 0 Å². The maximum absolute atomic E-state index is 14.1. The van der Waals surface area contributed by atoms with Crippen molar-refractivity contribution >= 4 is 29.5 Å². The highest BCUT2D eigenvalue weighted by Gasteiger charge is 2.77. The summed E-state index contributed by atoms with van der Waals surface area (Å²) in [6, 6.07) is -1.10. The molecule has 0 aromatic carbocycles. The van der Waals surface area contributed by atoms with Crippen LogP contribution in [0.25, 0.3) is 0 Å². The van der Waals surface area contributed by atoms with Crippen LogP contribution >= 0.6 is 11.8 Å². The molecule has 3 heterocycles. The number of nitrogens with zero attached hydrogens (tertiary/aromatic N) is 1. The summed E-state index contributed by atoms with van der Waals surface area (Å²) in [5.41, 5.74) is 0. The summed E-state index contributed by atoms with van der Waals surface area (Å²) in [6.07, 6.45) is 4.99. The molecule has 3 aliphatic heterocycles. The van der Waals surface area contributed by atoms with Crippen LogP contribution in [0.4, 0.5) is 0 Å². The molecule has 3 saturated heterocycles. The maximum atomic E-state index is 14.1. The lowest BCUT2D eigenvalue weighted by Gasteiger charge is -2.39. The average Bonchev–Trinajstić information content (AvgIpc) is 3.33. The number of aliphatic hydroxyl groups is 1. The van der Waals surface area contributed by atoms with Crippen LogP contribution in [0, 0.1) is 17.8 Å². The van der Waals surface area contributed by atoms with E-state index < -0.39 is 28.7 Å². The smallest absolute Gasteiger partial charge is 0.244 e. The normalized spacial score (nSPS) is 35.3. The van der Waals surface area contributed by atoms with E-state index in [1.807, 2.05) is 27.7 Å². The Hall–Kier alpha value is -1.28. The summed E-state index contributed by atoms with van der Waals surface area (Å²) in [4.78, 5) is 42.9. The summed E-state index contributed by atoms with van der Waals surface area (Å²) in [5, 5.41) is 16.5. The molecule has 0 aliphatic carbocycles. The largest absolute Gasteiger partial charge is 0.394 e. The van der Waals surface area contributed by atoms with Crippen LogP contribution in [0.15, 0.2) is 0 Å². The molecule has 0 aromatic heterocycles. The van der Waals surface area contributed by atoms with Gasteiger partial charge in [-0.15, -0.1) is 11.8 Å². The van der Waals surface area contributed by atoms with Crippen molar-refractivity contribution in [2.24, 2.45) is 17.8 Å². The number of amides is 3. The van der Waals surface area contributed by atoms with Crippen molar-refractivity contribution in [3.63, 3.8) is 0 Å². The Morgan fingerprint density at radius 1 is 1.18 bits per heavy atom. The second-order valence-corrected chi connectivity index (χ2v) is 12.5. The third-order valence-electron chi connectivity index (χ3n) is 8.25. The molecular formula is C25H43N3O4S. The van der Waals surface area contributed by atoms with E-state index in [0.29, 0.717) is 6.54 Å². The van der Waals surface area contributed by atoms with Crippen molar-refractivity contribution in [3.05, 3.63) is 0 Å². The molecule has 3 amide bonds. The molecule has 3 unspecified atom stereocenters. The lowest BCUT2D eigenvalue weighted by Crippen LogP contribution is -2.58. The van der Waals surface area contributed by atoms with Gasteiger partial charge in [-0.05, 0) is 45.4 Å². The molecule has 7 nitrogen and oxygen atoms in total. The molecule has 3 rings (SSSR count). The van der Waals surface area contributed by atoms with E-state index >= 15 is 0 Å². The van der Waals surface area contributed by atoms with Gasteiger partial charge in [0.15, 0.2) is 0 Å². The highest BCUT2D eigenvalue weighted by molar-refractivity contribution is 8.02. The molecule has 3 N–H and O–H groups in total. The molecule has 0 radical (unpaired) electrons. The SMILES string of the molecule is CCCNC(=O)[C@H]1[C@H]2C(=O)N([C@@H](CO)[C@@H](C)CC)C(C(=O)NC(C)CCC)C23CC[C@]1(C)S3. The van der Waals surface area contributed by atoms with Crippen LogP contribution < -0.4 is 10.6 Å². The summed E-state index contributed by atoms with van der Waals surface area (Å²) < 4.78 is -0.986. The molecule has 2 bridgehead atoms. The molecule has 188 valence electrons. The standard InChI is InChI=1S/C25H43N3O4S/c1-7-10-16(5)27-22(31)20-25-12-11-24(6,33-25)18(21(30)26-13-8-2)19(25)23(32)28(20)17(14-29)15(4)9-3/h15-20,29H,7-14H2,1-6H3,(H,26,30)(H,27,31)/t15-,16?,17-,18+,19-,20?,24-,25?/m0/s1. The fourth-order valence-electron chi connectivity index (χ4n) is 6.42. The van der Waals surface area contributed by atoms with Crippen molar-refractivity contribution in [2.45, 2.75) is 108 Å². The molecule has 0 aromatic rings. The zero-order chi connectivity index (χ0) is 24.6. The Labute approximate surface area is 203 Å². The number of nitrogens with one attached hydrogen (secondary N) is 2. The van der Waals surface area contributed by atoms with Crippen LogP contribution in [0.2, 0.25) is 0 Å². The first-order valence-corrected chi connectivity index (χ1v) is 13.6. The number of carbonyl (C=O) groups excluding carboxylic acids is 3. The Morgan fingerprint density at radius 3 is 2.45 bits per heavy atom. The summed E-state index contributed by atoms with van der Waals surface area (Å²) in [5.74, 6) is -1.29. The fourth-order valence-corrected chi connectivity index (χ4v) is 8.76. The van der Waals surface area contributed by atoms with E-state index in [2.05, 4.69) is 24.5 Å². The van der Waals surface area contributed by atoms with Gasteiger partial charge in [0.25, 0.3) is 0 Å². The summed E-state index contributed by atoms with van der Waals surface area (Å²) in [7, 11) is 0. The van der Waals surface area contributed by atoms with Crippen molar-refractivity contribution in [2.75, 3.05) is 13.2 Å². The van der Waals surface area contributed by atoms with Crippen LogP contribution in [-0.2, 0) is 14.4 Å². The highest BCUT2D eigenvalue weighted by Crippen LogP contribution is 2.71. The average molecular weight is 482 g/mol. The number of rotatable bonds is 11. The van der Waals surface area contributed by atoms with Gasteiger partial charge in [-0.2, -0.15) is 0 Å². The fraction of sp³-hybridized carbons (Fsp3) is 0.880. The van der Waals surface area contributed by atoms with Crippen LogP contribution in [-0.4, -0.2) is 68.5 Å². The molecule has 8 atom stereocenters. The number of hydrogen-bond acceptors (Lipinski definition) is 5.